The minimum absolute atomic E-state index is 0.101. The Morgan fingerprint density at radius 1 is 1.00 bits per heavy atom. The third-order valence-corrected chi connectivity index (χ3v) is 6.79. The zero-order valence-electron chi connectivity index (χ0n) is 16.8. The van der Waals surface area contributed by atoms with Gasteiger partial charge >= 0.3 is 5.97 Å². The summed E-state index contributed by atoms with van der Waals surface area (Å²) in [5.41, 5.74) is 1.81. The van der Waals surface area contributed by atoms with Crippen molar-refractivity contribution in [2.45, 2.75) is 6.54 Å². The van der Waals surface area contributed by atoms with E-state index in [4.69, 9.17) is 27.9 Å². The second-order valence-electron chi connectivity index (χ2n) is 6.99. The highest BCUT2D eigenvalue weighted by Crippen LogP contribution is 2.34. The number of carbonyl (C=O) groups is 3. The molecule has 1 fully saturated rings. The van der Waals surface area contributed by atoms with Crippen LogP contribution in [0.15, 0.2) is 76.1 Å². The van der Waals surface area contributed by atoms with E-state index in [0.717, 1.165) is 21.1 Å². The van der Waals surface area contributed by atoms with Crippen LogP contribution >= 0.6 is 50.9 Å². The molecule has 5 nitrogen and oxygen atoms in total. The molecule has 1 aliphatic heterocycles. The van der Waals surface area contributed by atoms with E-state index in [1.807, 2.05) is 6.07 Å². The summed E-state index contributed by atoms with van der Waals surface area (Å²) in [5, 5.41) is 0.398. The quantitative estimate of drug-likeness (QED) is 0.187. The lowest BCUT2D eigenvalue weighted by molar-refractivity contribution is -0.123. The maximum atomic E-state index is 12.8. The highest BCUT2D eigenvalue weighted by molar-refractivity contribution is 9.10. The molecule has 166 valence electrons. The van der Waals surface area contributed by atoms with E-state index in [9.17, 15) is 14.4 Å². The van der Waals surface area contributed by atoms with Crippen molar-refractivity contribution in [2.75, 3.05) is 0 Å². The van der Waals surface area contributed by atoms with Crippen molar-refractivity contribution in [2.24, 2.45) is 0 Å². The number of imide groups is 1. The molecule has 1 saturated heterocycles. The molecule has 0 atom stereocenters. The average molecular weight is 563 g/mol. The van der Waals surface area contributed by atoms with Crippen molar-refractivity contribution in [3.8, 4) is 5.75 Å². The minimum Gasteiger partial charge on any atom is -0.423 e. The van der Waals surface area contributed by atoms with E-state index in [0.29, 0.717) is 37.4 Å². The van der Waals surface area contributed by atoms with Crippen LogP contribution in [0.1, 0.15) is 21.5 Å². The van der Waals surface area contributed by atoms with Gasteiger partial charge in [-0.3, -0.25) is 14.5 Å². The molecule has 0 aromatic heterocycles. The minimum atomic E-state index is -0.479. The molecule has 0 N–H and O–H groups in total. The van der Waals surface area contributed by atoms with Crippen LogP contribution in [-0.2, 0) is 11.3 Å². The van der Waals surface area contributed by atoms with Crippen LogP contribution in [0.3, 0.4) is 0 Å². The zero-order valence-corrected chi connectivity index (χ0v) is 20.7. The van der Waals surface area contributed by atoms with Crippen LogP contribution in [0.5, 0.6) is 5.75 Å². The van der Waals surface area contributed by atoms with E-state index >= 15 is 0 Å². The first-order valence-corrected chi connectivity index (χ1v) is 11.9. The largest absolute Gasteiger partial charge is 0.423 e. The molecule has 3 aromatic rings. The predicted molar refractivity (Wildman–Crippen MR) is 134 cm³/mol. The molecule has 0 bridgehead atoms. The van der Waals surface area contributed by atoms with Gasteiger partial charge in [0.1, 0.15) is 5.75 Å². The first kappa shape index (κ1) is 23.6. The van der Waals surface area contributed by atoms with Crippen molar-refractivity contribution >= 4 is 74.1 Å². The Morgan fingerprint density at radius 3 is 2.45 bits per heavy atom. The number of halogens is 3. The predicted octanol–water partition coefficient (Wildman–Crippen LogP) is 7.21. The standard InChI is InChI=1S/C24H14BrCl2NO4S/c25-17-3-1-2-16(12-17)23(30)32-18-7-4-14(5-8-18)11-21-22(29)28(24(31)33-21)13-15-6-9-19(26)20(27)10-15/h1-12H,13H2/b21-11-. The van der Waals surface area contributed by atoms with Crippen LogP contribution in [-0.4, -0.2) is 22.0 Å². The van der Waals surface area contributed by atoms with Crippen LogP contribution in [0, 0.1) is 0 Å². The molecular formula is C24H14BrCl2NO4S. The summed E-state index contributed by atoms with van der Waals surface area (Å²) in [6, 6.07) is 18.5. The number of benzene rings is 3. The summed E-state index contributed by atoms with van der Waals surface area (Å²) in [5.74, 6) is -0.501. The maximum absolute atomic E-state index is 12.8. The number of hydrogen-bond donors (Lipinski definition) is 0. The van der Waals surface area contributed by atoms with Crippen molar-refractivity contribution in [1.82, 2.24) is 4.90 Å². The molecular weight excluding hydrogens is 549 g/mol. The molecule has 0 saturated carbocycles. The summed E-state index contributed by atoms with van der Waals surface area (Å²) in [7, 11) is 0. The molecule has 2 amide bonds. The third-order valence-electron chi connectivity index (χ3n) is 4.65. The van der Waals surface area contributed by atoms with Gasteiger partial charge in [-0.05, 0) is 71.4 Å². The number of carbonyl (C=O) groups excluding carboxylic acids is 3. The van der Waals surface area contributed by atoms with Crippen LogP contribution in [0.2, 0.25) is 10.0 Å². The van der Waals surface area contributed by atoms with Gasteiger partial charge in [0, 0.05) is 4.47 Å². The van der Waals surface area contributed by atoms with Crippen molar-refractivity contribution in [3.63, 3.8) is 0 Å². The van der Waals surface area contributed by atoms with Gasteiger partial charge in [0.05, 0.1) is 27.1 Å². The Hall–Kier alpha value is -2.58. The monoisotopic (exact) mass is 561 g/mol. The summed E-state index contributed by atoms with van der Waals surface area (Å²) < 4.78 is 6.16. The Labute approximate surface area is 212 Å². The highest BCUT2D eigenvalue weighted by atomic mass is 79.9. The second kappa shape index (κ2) is 10.1. The number of esters is 1. The zero-order chi connectivity index (χ0) is 23.5. The Kier molecular flexibility index (Phi) is 7.24. The molecule has 3 aromatic carbocycles. The summed E-state index contributed by atoms with van der Waals surface area (Å²) in [6.07, 6.45) is 1.62. The number of thioether (sulfide) groups is 1. The summed E-state index contributed by atoms with van der Waals surface area (Å²) in [6.45, 7) is 0.101. The molecule has 4 rings (SSSR count). The van der Waals surface area contributed by atoms with Crippen molar-refractivity contribution < 1.29 is 19.1 Å². The lowest BCUT2D eigenvalue weighted by Crippen LogP contribution is -2.27. The van der Waals surface area contributed by atoms with E-state index in [1.165, 1.54) is 0 Å². The van der Waals surface area contributed by atoms with Crippen molar-refractivity contribution in [1.29, 1.82) is 0 Å². The van der Waals surface area contributed by atoms with E-state index in [1.54, 1.807) is 66.7 Å². The molecule has 1 aliphatic rings. The SMILES string of the molecule is O=C(Oc1ccc(/C=C2\SC(=O)N(Cc3ccc(Cl)c(Cl)c3)C2=O)cc1)c1cccc(Br)c1. The third kappa shape index (κ3) is 5.68. The normalized spacial score (nSPS) is 14.8. The lowest BCUT2D eigenvalue weighted by Gasteiger charge is -2.12. The molecule has 0 aliphatic carbocycles. The summed E-state index contributed by atoms with van der Waals surface area (Å²) in [4.78, 5) is 38.9. The van der Waals surface area contributed by atoms with Gasteiger partial charge in [-0.1, -0.05) is 63.4 Å². The molecule has 0 radical (unpaired) electrons. The Balaban J connectivity index is 1.44. The van der Waals surface area contributed by atoms with Crippen LogP contribution in [0.4, 0.5) is 4.79 Å². The van der Waals surface area contributed by atoms with E-state index < -0.39 is 5.97 Å². The van der Waals surface area contributed by atoms with Gasteiger partial charge in [-0.2, -0.15) is 0 Å². The fourth-order valence-electron chi connectivity index (χ4n) is 3.02. The lowest BCUT2D eigenvalue weighted by atomic mass is 10.2. The number of nitrogens with zero attached hydrogens (tertiary/aromatic N) is 1. The second-order valence-corrected chi connectivity index (χ2v) is 9.71. The molecule has 0 unspecified atom stereocenters. The number of ether oxygens (including phenoxy) is 1. The molecule has 0 spiro atoms. The van der Waals surface area contributed by atoms with Gasteiger partial charge in [-0.15, -0.1) is 0 Å². The van der Waals surface area contributed by atoms with Gasteiger partial charge in [0.25, 0.3) is 11.1 Å². The first-order valence-electron chi connectivity index (χ1n) is 9.57. The fourth-order valence-corrected chi connectivity index (χ4v) is 4.58. The smallest absolute Gasteiger partial charge is 0.343 e. The van der Waals surface area contributed by atoms with Crippen LogP contribution in [0.25, 0.3) is 6.08 Å². The maximum Gasteiger partial charge on any atom is 0.343 e. The first-order chi connectivity index (χ1) is 15.8. The summed E-state index contributed by atoms with van der Waals surface area (Å²) >= 11 is 16.1. The topological polar surface area (TPSA) is 63.7 Å². The van der Waals surface area contributed by atoms with E-state index in [-0.39, 0.29) is 17.7 Å². The van der Waals surface area contributed by atoms with Gasteiger partial charge < -0.3 is 4.74 Å². The Morgan fingerprint density at radius 2 is 1.76 bits per heavy atom. The molecule has 1 heterocycles. The molecule has 33 heavy (non-hydrogen) atoms. The number of amides is 2. The van der Waals surface area contributed by atoms with Gasteiger partial charge in [-0.25, -0.2) is 4.79 Å². The fraction of sp³-hybridized carbons (Fsp3) is 0.0417. The average Bonchev–Trinajstić information content (AvgIpc) is 3.05. The van der Waals surface area contributed by atoms with Crippen LogP contribution < -0.4 is 4.74 Å². The van der Waals surface area contributed by atoms with Gasteiger partial charge in [0.15, 0.2) is 0 Å². The highest BCUT2D eigenvalue weighted by Gasteiger charge is 2.35. The van der Waals surface area contributed by atoms with Gasteiger partial charge in [0.2, 0.25) is 0 Å². The number of rotatable bonds is 5. The number of hydrogen-bond acceptors (Lipinski definition) is 5. The Bertz CT molecular complexity index is 1290. The van der Waals surface area contributed by atoms with E-state index in [2.05, 4.69) is 15.9 Å². The molecule has 9 heteroatoms. The van der Waals surface area contributed by atoms with Crippen molar-refractivity contribution in [3.05, 3.63) is 103 Å².